The van der Waals surface area contributed by atoms with Gasteiger partial charge in [0.15, 0.2) is 11.5 Å². The quantitative estimate of drug-likeness (QED) is 0.414. The Labute approximate surface area is 200 Å². The number of fused-ring (bicyclic) bond motifs is 1. The maximum Gasteiger partial charge on any atom is 0.274 e. The number of amides is 2. The molecule has 1 aliphatic rings. The van der Waals surface area contributed by atoms with Gasteiger partial charge < -0.3 is 15.4 Å². The predicted octanol–water partition coefficient (Wildman–Crippen LogP) is 4.12. The molecule has 1 aliphatic carbocycles. The summed E-state index contributed by atoms with van der Waals surface area (Å²) >= 11 is 0. The lowest BCUT2D eigenvalue weighted by Gasteiger charge is -2.10. The molecule has 0 unspecified atom stereocenters. The topological polar surface area (TPSA) is 115 Å². The third-order valence-electron chi connectivity index (χ3n) is 5.63. The molecule has 0 atom stereocenters. The fourth-order valence-electron chi connectivity index (χ4n) is 3.51. The van der Waals surface area contributed by atoms with E-state index in [0.717, 1.165) is 18.5 Å². The molecule has 5 rings (SSSR count). The first-order valence-electron chi connectivity index (χ1n) is 11.3. The van der Waals surface area contributed by atoms with Crippen molar-refractivity contribution in [3.63, 3.8) is 0 Å². The van der Waals surface area contributed by atoms with Gasteiger partial charge in [-0.2, -0.15) is 5.10 Å². The summed E-state index contributed by atoms with van der Waals surface area (Å²) in [5.41, 5.74) is 1.59. The van der Waals surface area contributed by atoms with Gasteiger partial charge in [0.1, 0.15) is 17.3 Å². The summed E-state index contributed by atoms with van der Waals surface area (Å²) < 4.78 is 23.2. The first-order valence-corrected chi connectivity index (χ1v) is 11.3. The molecule has 1 aromatic carbocycles. The van der Waals surface area contributed by atoms with E-state index in [-0.39, 0.29) is 35.1 Å². The van der Waals surface area contributed by atoms with Crippen molar-refractivity contribution < 1.29 is 18.7 Å². The molecule has 1 saturated carbocycles. The molecular weight excluding hydrogens is 453 g/mol. The van der Waals surface area contributed by atoms with Gasteiger partial charge in [-0.1, -0.05) is 13.8 Å². The van der Waals surface area contributed by atoms with Crippen LogP contribution in [0.25, 0.3) is 5.65 Å². The fraction of sp³-hybridized carbons (Fsp3) is 0.292. The molecule has 1 fully saturated rings. The van der Waals surface area contributed by atoms with Crippen LogP contribution in [0.2, 0.25) is 0 Å². The van der Waals surface area contributed by atoms with Crippen molar-refractivity contribution in [2.75, 3.05) is 10.6 Å². The number of halogens is 1. The van der Waals surface area contributed by atoms with Gasteiger partial charge in [0.25, 0.3) is 5.91 Å². The number of imidazole rings is 1. The van der Waals surface area contributed by atoms with E-state index in [4.69, 9.17) is 4.74 Å². The maximum atomic E-state index is 14.4. The summed E-state index contributed by atoms with van der Waals surface area (Å²) in [6.45, 7) is 3.95. The summed E-state index contributed by atoms with van der Waals surface area (Å²) in [5.74, 6) is 0.00655. The van der Waals surface area contributed by atoms with E-state index >= 15 is 0 Å². The van der Waals surface area contributed by atoms with Gasteiger partial charge in [0.2, 0.25) is 11.8 Å². The van der Waals surface area contributed by atoms with Crippen LogP contribution in [0.5, 0.6) is 11.6 Å². The molecule has 0 bridgehead atoms. The Morgan fingerprint density at radius 1 is 1.11 bits per heavy atom. The first-order chi connectivity index (χ1) is 16.8. The zero-order chi connectivity index (χ0) is 24.7. The number of rotatable bonds is 7. The Hall–Kier alpha value is -4.28. The van der Waals surface area contributed by atoms with Crippen LogP contribution in [0.1, 0.15) is 48.8 Å². The smallest absolute Gasteiger partial charge is 0.274 e. The van der Waals surface area contributed by atoms with Crippen molar-refractivity contribution in [1.82, 2.24) is 24.4 Å². The van der Waals surface area contributed by atoms with E-state index in [1.807, 2.05) is 13.8 Å². The monoisotopic (exact) mass is 477 g/mol. The third kappa shape index (κ3) is 4.84. The number of carbonyl (C=O) groups excluding carboxylic acids is 2. The summed E-state index contributed by atoms with van der Waals surface area (Å²) in [7, 11) is 1.66. The lowest BCUT2D eigenvalue weighted by molar-refractivity contribution is -0.117. The molecule has 3 heterocycles. The maximum absolute atomic E-state index is 14.4. The van der Waals surface area contributed by atoms with Crippen LogP contribution in [-0.4, -0.2) is 36.2 Å². The highest BCUT2D eigenvalue weighted by Gasteiger charge is 2.30. The molecule has 0 radical (unpaired) electrons. The summed E-state index contributed by atoms with van der Waals surface area (Å²) in [4.78, 5) is 29.0. The second-order valence-corrected chi connectivity index (χ2v) is 8.79. The Kier molecular flexibility index (Phi) is 5.67. The molecule has 180 valence electrons. The highest BCUT2D eigenvalue weighted by atomic mass is 19.1. The van der Waals surface area contributed by atoms with Crippen LogP contribution in [0, 0.1) is 11.7 Å². The third-order valence-corrected chi connectivity index (χ3v) is 5.63. The standard InChI is InChI=1S/C24H24FN7O3/c1-13(2)17-11-19(31(3)29-17)24(34)26-18-10-15(6-7-16(18)25)35-22-9-8-21-27-20(12-32(21)30-22)28-23(33)14-4-5-14/h6-14H,4-5H2,1-3H3,(H,26,34)(H,28,33). The molecular formula is C24H24FN7O3. The van der Waals surface area contributed by atoms with E-state index in [0.29, 0.717) is 17.2 Å². The number of benzene rings is 1. The van der Waals surface area contributed by atoms with Gasteiger partial charge in [0, 0.05) is 25.1 Å². The molecule has 0 saturated heterocycles. The molecule has 2 N–H and O–H groups in total. The SMILES string of the molecule is CC(C)c1cc(C(=O)Nc2cc(Oc3ccc4nc(NC(=O)C5CC5)cn4n3)ccc2F)n(C)n1. The molecule has 0 aliphatic heterocycles. The lowest BCUT2D eigenvalue weighted by atomic mass is 10.1. The van der Waals surface area contributed by atoms with E-state index in [9.17, 15) is 14.0 Å². The summed E-state index contributed by atoms with van der Waals surface area (Å²) in [6.07, 6.45) is 3.39. The van der Waals surface area contributed by atoms with Crippen molar-refractivity contribution >= 4 is 29.0 Å². The van der Waals surface area contributed by atoms with Crippen molar-refractivity contribution in [2.24, 2.45) is 13.0 Å². The number of hydrogen-bond donors (Lipinski definition) is 2. The van der Waals surface area contributed by atoms with Gasteiger partial charge in [-0.3, -0.25) is 14.3 Å². The van der Waals surface area contributed by atoms with E-state index < -0.39 is 11.7 Å². The van der Waals surface area contributed by atoms with Crippen LogP contribution in [0.3, 0.4) is 0 Å². The lowest BCUT2D eigenvalue weighted by Crippen LogP contribution is -2.16. The number of aromatic nitrogens is 5. The second kappa shape index (κ2) is 8.82. The zero-order valence-electron chi connectivity index (χ0n) is 19.4. The second-order valence-electron chi connectivity index (χ2n) is 8.79. The summed E-state index contributed by atoms with van der Waals surface area (Å²) in [5, 5.41) is 14.0. The Balaban J connectivity index is 1.32. The highest BCUT2D eigenvalue weighted by molar-refractivity contribution is 6.03. The molecule has 35 heavy (non-hydrogen) atoms. The summed E-state index contributed by atoms with van der Waals surface area (Å²) in [6, 6.07) is 9.01. The van der Waals surface area contributed by atoms with Crippen LogP contribution in [0.15, 0.2) is 42.6 Å². The molecule has 10 nitrogen and oxygen atoms in total. The van der Waals surface area contributed by atoms with Crippen molar-refractivity contribution in [1.29, 1.82) is 0 Å². The largest absolute Gasteiger partial charge is 0.438 e. The van der Waals surface area contributed by atoms with Crippen LogP contribution >= 0.6 is 0 Å². The number of hydrogen-bond acceptors (Lipinski definition) is 6. The van der Waals surface area contributed by atoms with Gasteiger partial charge in [-0.05, 0) is 43.0 Å². The minimum atomic E-state index is -0.606. The van der Waals surface area contributed by atoms with E-state index in [2.05, 4.69) is 25.8 Å². The zero-order valence-corrected chi connectivity index (χ0v) is 19.4. The average Bonchev–Trinajstić information content (AvgIpc) is 3.48. The van der Waals surface area contributed by atoms with Crippen LogP contribution in [0.4, 0.5) is 15.9 Å². The van der Waals surface area contributed by atoms with Crippen molar-refractivity contribution in [3.8, 4) is 11.6 Å². The van der Waals surface area contributed by atoms with Gasteiger partial charge >= 0.3 is 0 Å². The number of anilines is 2. The van der Waals surface area contributed by atoms with E-state index in [1.165, 1.54) is 27.4 Å². The Morgan fingerprint density at radius 2 is 1.91 bits per heavy atom. The number of aryl methyl sites for hydroxylation is 1. The number of nitrogens with zero attached hydrogens (tertiary/aromatic N) is 5. The molecule has 4 aromatic rings. The van der Waals surface area contributed by atoms with Gasteiger partial charge in [-0.25, -0.2) is 13.9 Å². The number of nitrogens with one attached hydrogen (secondary N) is 2. The molecule has 3 aromatic heterocycles. The number of carbonyl (C=O) groups is 2. The average molecular weight is 478 g/mol. The highest BCUT2D eigenvalue weighted by Crippen LogP contribution is 2.30. The molecule has 11 heteroatoms. The van der Waals surface area contributed by atoms with Gasteiger partial charge in [-0.15, -0.1) is 5.10 Å². The Bertz CT molecular complexity index is 1440. The van der Waals surface area contributed by atoms with Crippen molar-refractivity contribution in [3.05, 3.63) is 59.8 Å². The number of ether oxygens (including phenoxy) is 1. The van der Waals surface area contributed by atoms with Crippen LogP contribution in [-0.2, 0) is 11.8 Å². The normalized spacial score (nSPS) is 13.3. The fourth-order valence-corrected chi connectivity index (χ4v) is 3.51. The van der Waals surface area contributed by atoms with Gasteiger partial charge in [0.05, 0.1) is 17.6 Å². The predicted molar refractivity (Wildman–Crippen MR) is 126 cm³/mol. The first kappa shape index (κ1) is 22.5. The Morgan fingerprint density at radius 3 is 2.63 bits per heavy atom. The van der Waals surface area contributed by atoms with Crippen LogP contribution < -0.4 is 15.4 Å². The molecule has 0 spiro atoms. The minimum Gasteiger partial charge on any atom is -0.438 e. The van der Waals surface area contributed by atoms with Crippen molar-refractivity contribution in [2.45, 2.75) is 32.6 Å². The van der Waals surface area contributed by atoms with E-state index in [1.54, 1.807) is 31.4 Å². The molecule has 2 amide bonds. The minimum absolute atomic E-state index is 0.0337.